The molecule has 0 saturated heterocycles. The fourth-order valence-electron chi connectivity index (χ4n) is 0.137. The average Bonchev–Trinajstić information content (AvgIpc) is 1.83. The molecule has 7 heteroatoms. The van der Waals surface area contributed by atoms with Gasteiger partial charge in [0.1, 0.15) is 0 Å². The largest absolute Gasteiger partial charge is 0.379 e. The van der Waals surface area contributed by atoms with E-state index in [1.807, 2.05) is 0 Å². The lowest BCUT2D eigenvalue weighted by atomic mass is 11.1. The summed E-state index contributed by atoms with van der Waals surface area (Å²) in [6.45, 7) is 0. The van der Waals surface area contributed by atoms with Gasteiger partial charge in [0.05, 0.1) is 0 Å². The Bertz CT molecular complexity index is 145. The lowest BCUT2D eigenvalue weighted by Crippen LogP contribution is -2.27. The molecule has 7 nitrogen and oxygen atoms in total. The number of hydrazone groups is 1. The monoisotopic (exact) mass is 130 g/mol. The van der Waals surface area contributed by atoms with E-state index >= 15 is 0 Å². The number of hydrogen-bond donors (Lipinski definition) is 4. The zero-order chi connectivity index (χ0) is 7.28. The van der Waals surface area contributed by atoms with Crippen LogP contribution in [-0.4, -0.2) is 12.0 Å². The Hall–Kier alpha value is -1.66. The maximum absolute atomic E-state index is 10.0. The van der Waals surface area contributed by atoms with Gasteiger partial charge in [-0.3, -0.25) is 0 Å². The average molecular weight is 130 g/mol. The van der Waals surface area contributed by atoms with E-state index in [-0.39, 0.29) is 5.96 Å². The molecule has 0 radical (unpaired) electrons. The molecule has 0 fully saturated rings. The first-order valence-electron chi connectivity index (χ1n) is 1.93. The summed E-state index contributed by atoms with van der Waals surface area (Å²) < 4.78 is 0. The number of nitrogens with one attached hydrogen (secondary N) is 2. The van der Waals surface area contributed by atoms with E-state index in [4.69, 9.17) is 17.0 Å². The van der Waals surface area contributed by atoms with Crippen molar-refractivity contribution in [3.05, 3.63) is 0 Å². The Labute approximate surface area is 50.6 Å². The van der Waals surface area contributed by atoms with E-state index < -0.39 is 6.03 Å². The lowest BCUT2D eigenvalue weighted by Gasteiger charge is -1.89. The van der Waals surface area contributed by atoms with Crippen LogP contribution in [0.3, 0.4) is 0 Å². The zero-order valence-corrected chi connectivity index (χ0v) is 4.46. The summed E-state index contributed by atoms with van der Waals surface area (Å²) in [6.07, 6.45) is 0. The van der Waals surface area contributed by atoms with Crippen LogP contribution in [0, 0.1) is 5.53 Å². The normalized spacial score (nSPS) is 7.56. The molecular weight excluding hydrogens is 124 g/mol. The van der Waals surface area contributed by atoms with Gasteiger partial charge in [0.25, 0.3) is 0 Å². The molecule has 0 aromatic heterocycles. The topological polar surface area (TPSA) is 130 Å². The van der Waals surface area contributed by atoms with Gasteiger partial charge >= 0.3 is 6.03 Å². The third kappa shape index (κ3) is 4.19. The van der Waals surface area contributed by atoms with Crippen LogP contribution >= 0.6 is 0 Å². The number of nitrogens with two attached hydrogens (primary N) is 2. The Kier molecular flexibility index (Phi) is 2.74. The molecule has 0 atom stereocenters. The van der Waals surface area contributed by atoms with Crippen molar-refractivity contribution < 1.29 is 4.79 Å². The maximum atomic E-state index is 10.0. The van der Waals surface area contributed by atoms with Crippen molar-refractivity contribution in [2.24, 2.45) is 21.7 Å². The molecule has 0 rings (SSSR count). The molecule has 0 aliphatic carbocycles. The van der Waals surface area contributed by atoms with Crippen LogP contribution in [0.15, 0.2) is 10.2 Å². The highest BCUT2D eigenvalue weighted by atomic mass is 16.2. The van der Waals surface area contributed by atoms with Gasteiger partial charge in [-0.05, 0) is 0 Å². The maximum Gasteiger partial charge on any atom is 0.379 e. The van der Waals surface area contributed by atoms with E-state index in [1.54, 1.807) is 5.43 Å². The highest BCUT2D eigenvalue weighted by Gasteiger charge is 1.90. The predicted molar refractivity (Wildman–Crippen MR) is 29.5 cm³/mol. The van der Waals surface area contributed by atoms with Crippen molar-refractivity contribution in [1.82, 2.24) is 5.43 Å². The van der Waals surface area contributed by atoms with Crippen molar-refractivity contribution in [3.63, 3.8) is 0 Å². The fraction of sp³-hybridized carbons (Fsp3) is 0. The van der Waals surface area contributed by atoms with E-state index in [0.717, 1.165) is 0 Å². The number of carbonyl (C=O) groups excluding carboxylic acids is 1. The first-order chi connectivity index (χ1) is 4.16. The van der Waals surface area contributed by atoms with Gasteiger partial charge in [-0.1, -0.05) is 5.11 Å². The number of carbonyl (C=O) groups is 1. The standard InChI is InChI=1S/C2H6N6O/c3-1(4)7-8-2(9)6-5/h5H,(H,8,9)(H4,3,4,7). The van der Waals surface area contributed by atoms with E-state index in [2.05, 4.69) is 10.2 Å². The van der Waals surface area contributed by atoms with Gasteiger partial charge in [-0.25, -0.2) is 10.2 Å². The summed E-state index contributed by atoms with van der Waals surface area (Å²) in [5.41, 5.74) is 17.5. The molecular formula is C2H6N6O. The van der Waals surface area contributed by atoms with Gasteiger partial charge in [0, 0.05) is 0 Å². The van der Waals surface area contributed by atoms with Crippen molar-refractivity contribution in [2.45, 2.75) is 0 Å². The highest BCUT2D eigenvalue weighted by Crippen LogP contribution is 1.68. The number of rotatable bonds is 1. The van der Waals surface area contributed by atoms with E-state index in [9.17, 15) is 4.79 Å². The molecule has 0 heterocycles. The Balaban J connectivity index is 3.63. The Morgan fingerprint density at radius 1 is 1.56 bits per heavy atom. The second-order valence-electron chi connectivity index (χ2n) is 1.07. The molecule has 0 unspecified atom stereocenters. The summed E-state index contributed by atoms with van der Waals surface area (Å²) in [5.74, 6) is -0.285. The number of amides is 2. The summed E-state index contributed by atoms with van der Waals surface area (Å²) in [6, 6.07) is -0.914. The minimum absolute atomic E-state index is 0.285. The van der Waals surface area contributed by atoms with Gasteiger partial charge in [-0.15, -0.1) is 5.10 Å². The van der Waals surface area contributed by atoms with E-state index in [1.165, 1.54) is 0 Å². The van der Waals surface area contributed by atoms with Crippen molar-refractivity contribution >= 4 is 12.0 Å². The molecule has 0 bridgehead atoms. The molecule has 0 aromatic rings. The van der Waals surface area contributed by atoms with Crippen LogP contribution in [0.5, 0.6) is 0 Å². The van der Waals surface area contributed by atoms with Crippen LogP contribution in [-0.2, 0) is 0 Å². The minimum atomic E-state index is -0.914. The quantitative estimate of drug-likeness (QED) is 0.156. The Morgan fingerprint density at radius 2 is 2.11 bits per heavy atom. The number of hydrogen-bond acceptors (Lipinski definition) is 3. The lowest BCUT2D eigenvalue weighted by molar-refractivity contribution is 0.247. The Morgan fingerprint density at radius 3 is 2.44 bits per heavy atom. The predicted octanol–water partition coefficient (Wildman–Crippen LogP) is -1.08. The molecule has 0 saturated carbocycles. The van der Waals surface area contributed by atoms with Gasteiger partial charge in [0.2, 0.25) is 5.96 Å². The SMILES string of the molecule is N=NC(=O)NN=C(N)N. The van der Waals surface area contributed by atoms with E-state index in [0.29, 0.717) is 0 Å². The van der Waals surface area contributed by atoms with Crippen molar-refractivity contribution in [2.75, 3.05) is 0 Å². The minimum Gasteiger partial charge on any atom is -0.369 e. The van der Waals surface area contributed by atoms with Crippen LogP contribution in [0.1, 0.15) is 0 Å². The molecule has 6 N–H and O–H groups in total. The smallest absolute Gasteiger partial charge is 0.369 e. The third-order valence-corrected chi connectivity index (χ3v) is 0.382. The highest BCUT2D eigenvalue weighted by molar-refractivity contribution is 5.79. The molecule has 2 amide bonds. The van der Waals surface area contributed by atoms with Crippen LogP contribution < -0.4 is 16.9 Å². The molecule has 0 spiro atoms. The summed E-state index contributed by atoms with van der Waals surface area (Å²) in [5, 5.41) is 5.50. The van der Waals surface area contributed by atoms with Gasteiger partial charge in [0.15, 0.2) is 0 Å². The zero-order valence-electron chi connectivity index (χ0n) is 4.46. The van der Waals surface area contributed by atoms with Gasteiger partial charge < -0.3 is 11.5 Å². The van der Waals surface area contributed by atoms with Crippen molar-refractivity contribution in [3.8, 4) is 0 Å². The second kappa shape index (κ2) is 3.36. The summed E-state index contributed by atoms with van der Waals surface area (Å²) in [4.78, 5) is 10.0. The van der Waals surface area contributed by atoms with Crippen LogP contribution in [0.2, 0.25) is 0 Å². The van der Waals surface area contributed by atoms with Crippen molar-refractivity contribution in [1.29, 1.82) is 5.53 Å². The summed E-state index contributed by atoms with van der Waals surface area (Å²) >= 11 is 0. The molecule has 0 aromatic carbocycles. The fourth-order valence-corrected chi connectivity index (χ4v) is 0.137. The molecule has 9 heavy (non-hydrogen) atoms. The molecule has 0 aliphatic rings. The molecule has 0 aliphatic heterocycles. The second-order valence-corrected chi connectivity index (χ2v) is 1.07. The van der Waals surface area contributed by atoms with Crippen LogP contribution in [0.4, 0.5) is 4.79 Å². The third-order valence-electron chi connectivity index (χ3n) is 0.382. The number of urea groups is 1. The first kappa shape index (κ1) is 7.34. The van der Waals surface area contributed by atoms with Gasteiger partial charge in [-0.2, -0.15) is 5.53 Å². The summed E-state index contributed by atoms with van der Waals surface area (Å²) in [7, 11) is 0. The molecule has 50 valence electrons. The first-order valence-corrected chi connectivity index (χ1v) is 1.93. The number of nitrogens with zero attached hydrogens (tertiary/aromatic N) is 2. The van der Waals surface area contributed by atoms with Crippen LogP contribution in [0.25, 0.3) is 0 Å². The number of guanidine groups is 1.